The van der Waals surface area contributed by atoms with Gasteiger partial charge < -0.3 is 4.90 Å². The van der Waals surface area contributed by atoms with E-state index in [1.165, 1.54) is 12.1 Å². The maximum atomic E-state index is 14.1. The molecular weight excluding hydrogens is 424 g/mol. The predicted molar refractivity (Wildman–Crippen MR) is 121 cm³/mol. The van der Waals surface area contributed by atoms with Crippen molar-refractivity contribution in [2.45, 2.75) is 78.4 Å². The van der Waals surface area contributed by atoms with Crippen molar-refractivity contribution in [3.8, 4) is 0 Å². The summed E-state index contributed by atoms with van der Waals surface area (Å²) in [5.74, 6) is -1.09. The van der Waals surface area contributed by atoms with Crippen LogP contribution in [0.5, 0.6) is 0 Å². The second-order valence-corrected chi connectivity index (χ2v) is 11.6. The molecule has 176 valence electrons. The molecule has 1 aromatic rings. The number of benzene rings is 1. The third-order valence-electron chi connectivity index (χ3n) is 8.15. The number of anilines is 1. The van der Waals surface area contributed by atoms with Crippen LogP contribution >= 0.6 is 0 Å². The van der Waals surface area contributed by atoms with E-state index in [2.05, 4.69) is 31.0 Å². The molecule has 1 saturated carbocycles. The molecule has 4 amide bonds. The summed E-state index contributed by atoms with van der Waals surface area (Å²) in [6, 6.07) is 3.29. The van der Waals surface area contributed by atoms with Gasteiger partial charge in [0.25, 0.3) is 5.69 Å². The van der Waals surface area contributed by atoms with Crippen LogP contribution < -0.4 is 10.2 Å². The van der Waals surface area contributed by atoms with Crippen molar-refractivity contribution < 1.29 is 19.3 Å². The minimum absolute atomic E-state index is 0.0128. The summed E-state index contributed by atoms with van der Waals surface area (Å²) in [5.41, 5.74) is -0.450. The molecule has 1 spiro atoms. The fourth-order valence-electron chi connectivity index (χ4n) is 7.62. The van der Waals surface area contributed by atoms with Crippen LogP contribution in [-0.4, -0.2) is 45.8 Å². The van der Waals surface area contributed by atoms with Crippen molar-refractivity contribution in [2.24, 2.45) is 16.2 Å². The number of hydrogen-bond donors (Lipinski definition) is 1. The van der Waals surface area contributed by atoms with Crippen LogP contribution in [0.15, 0.2) is 18.2 Å². The van der Waals surface area contributed by atoms with Crippen molar-refractivity contribution >= 4 is 29.2 Å². The highest BCUT2D eigenvalue weighted by Crippen LogP contribution is 2.64. The van der Waals surface area contributed by atoms with E-state index >= 15 is 0 Å². The first-order valence-corrected chi connectivity index (χ1v) is 11.6. The van der Waals surface area contributed by atoms with E-state index in [1.807, 2.05) is 0 Å². The molecule has 9 nitrogen and oxygen atoms in total. The van der Waals surface area contributed by atoms with E-state index in [0.29, 0.717) is 5.56 Å². The van der Waals surface area contributed by atoms with Gasteiger partial charge in [0, 0.05) is 36.3 Å². The van der Waals surface area contributed by atoms with E-state index in [0.717, 1.165) is 29.8 Å². The molecule has 0 unspecified atom stereocenters. The van der Waals surface area contributed by atoms with Gasteiger partial charge in [0.05, 0.1) is 11.0 Å². The lowest BCUT2D eigenvalue weighted by atomic mass is 9.56. The number of nitro benzene ring substituents is 1. The van der Waals surface area contributed by atoms with Crippen LogP contribution in [0, 0.1) is 26.4 Å². The summed E-state index contributed by atoms with van der Waals surface area (Å²) in [6.07, 6.45) is 2.61. The Bertz CT molecular complexity index is 1110. The summed E-state index contributed by atoms with van der Waals surface area (Å²) >= 11 is 0. The lowest BCUT2D eigenvalue weighted by Gasteiger charge is -2.54. The number of fused-ring (bicyclic) bond motifs is 8. The maximum Gasteiger partial charge on any atom is 0.331 e. The summed E-state index contributed by atoms with van der Waals surface area (Å²) in [7, 11) is 0. The summed E-state index contributed by atoms with van der Waals surface area (Å²) in [6.45, 7) is 10.1. The van der Waals surface area contributed by atoms with E-state index < -0.39 is 40.3 Å². The Hall–Kier alpha value is -2.97. The number of barbiturate groups is 1. The van der Waals surface area contributed by atoms with Crippen molar-refractivity contribution in [3.63, 3.8) is 0 Å². The number of urea groups is 1. The number of amides is 4. The number of nitrogens with one attached hydrogen (secondary N) is 1. The number of nitro groups is 1. The number of non-ortho nitro benzene ring substituents is 1. The van der Waals surface area contributed by atoms with E-state index in [1.54, 1.807) is 19.9 Å². The SMILES string of the molecule is CC(C)N1C(=O)NC(=O)[C@@]2(Cc3cc([N+](=O)[O-])ccc3N3[C@H]4CC(C)(C)C[C@](C)(C4)[C@@H]32)C1=O. The van der Waals surface area contributed by atoms with E-state index in [4.69, 9.17) is 0 Å². The highest BCUT2D eigenvalue weighted by Gasteiger charge is 2.71. The minimum atomic E-state index is -1.52. The maximum absolute atomic E-state index is 14.1. The highest BCUT2D eigenvalue weighted by molar-refractivity contribution is 6.20. The zero-order valence-corrected chi connectivity index (χ0v) is 19.7. The van der Waals surface area contributed by atoms with Gasteiger partial charge >= 0.3 is 6.03 Å². The van der Waals surface area contributed by atoms with Gasteiger partial charge in [-0.3, -0.25) is 29.9 Å². The third-order valence-corrected chi connectivity index (χ3v) is 8.15. The second kappa shape index (κ2) is 6.55. The predicted octanol–water partition coefficient (Wildman–Crippen LogP) is 3.40. The Morgan fingerprint density at radius 2 is 1.85 bits per heavy atom. The third kappa shape index (κ3) is 2.80. The molecule has 4 aliphatic rings. The number of nitrogens with zero attached hydrogens (tertiary/aromatic N) is 3. The molecule has 1 N–H and O–H groups in total. The fraction of sp³-hybridized carbons (Fsp3) is 0.625. The van der Waals surface area contributed by atoms with Gasteiger partial charge in [-0.15, -0.1) is 0 Å². The zero-order chi connectivity index (χ0) is 24.1. The Morgan fingerprint density at radius 1 is 1.15 bits per heavy atom. The molecule has 1 aliphatic carbocycles. The number of imide groups is 2. The number of rotatable bonds is 2. The average Bonchev–Trinajstić information content (AvgIpc) is 2.91. The molecule has 33 heavy (non-hydrogen) atoms. The number of carbonyl (C=O) groups is 3. The molecular formula is C24H30N4O5. The molecule has 1 aromatic carbocycles. The topological polar surface area (TPSA) is 113 Å². The van der Waals surface area contributed by atoms with Gasteiger partial charge in [-0.25, -0.2) is 4.79 Å². The van der Waals surface area contributed by atoms with Crippen molar-refractivity contribution in [1.29, 1.82) is 0 Å². The first kappa shape index (κ1) is 21.9. The molecule has 2 saturated heterocycles. The standard InChI is InChI=1S/C24H30N4O5/c1-13(2)26-20(30)24(19(29)25-21(26)31)9-14-8-15(28(32)33)6-7-17(14)27-16-10-22(3,4)12-23(5,11-16)18(24)27/h6-8,13,16,18H,9-12H2,1-5H3,(H,25,29,31)/t16-,18+,23-,24-/m0/s1. The molecule has 3 aliphatic heterocycles. The fourth-order valence-corrected chi connectivity index (χ4v) is 7.62. The van der Waals surface area contributed by atoms with Crippen molar-refractivity contribution in [3.05, 3.63) is 33.9 Å². The van der Waals surface area contributed by atoms with Crippen LogP contribution in [0.2, 0.25) is 0 Å². The van der Waals surface area contributed by atoms with Gasteiger partial charge in [-0.2, -0.15) is 0 Å². The van der Waals surface area contributed by atoms with Crippen LogP contribution in [0.3, 0.4) is 0 Å². The van der Waals surface area contributed by atoms with Crippen LogP contribution in [0.25, 0.3) is 0 Å². The quantitative estimate of drug-likeness (QED) is 0.416. The van der Waals surface area contributed by atoms with Crippen molar-refractivity contribution in [1.82, 2.24) is 10.2 Å². The molecule has 3 heterocycles. The first-order valence-electron chi connectivity index (χ1n) is 11.6. The zero-order valence-electron chi connectivity index (χ0n) is 19.7. The largest absolute Gasteiger partial charge is 0.363 e. The smallest absolute Gasteiger partial charge is 0.331 e. The number of carbonyl (C=O) groups excluding carboxylic acids is 3. The molecule has 0 aromatic heterocycles. The molecule has 2 bridgehead atoms. The normalized spacial score (nSPS) is 34.4. The summed E-state index contributed by atoms with van der Waals surface area (Å²) < 4.78 is 0. The Morgan fingerprint density at radius 3 is 2.48 bits per heavy atom. The molecule has 4 atom stereocenters. The first-order chi connectivity index (χ1) is 15.3. The molecule has 3 fully saturated rings. The van der Waals surface area contributed by atoms with Gasteiger partial charge in [0.2, 0.25) is 11.8 Å². The van der Waals surface area contributed by atoms with Crippen molar-refractivity contribution in [2.75, 3.05) is 4.90 Å². The Labute approximate surface area is 192 Å². The molecule has 0 radical (unpaired) electrons. The van der Waals surface area contributed by atoms with Crippen LogP contribution in [-0.2, 0) is 16.0 Å². The number of hydrogen-bond acceptors (Lipinski definition) is 6. The molecule has 9 heteroatoms. The van der Waals surface area contributed by atoms with Crippen LogP contribution in [0.1, 0.15) is 59.4 Å². The van der Waals surface area contributed by atoms with Gasteiger partial charge in [-0.1, -0.05) is 20.8 Å². The Kier molecular flexibility index (Phi) is 4.33. The van der Waals surface area contributed by atoms with E-state index in [9.17, 15) is 24.5 Å². The van der Waals surface area contributed by atoms with E-state index in [-0.39, 0.29) is 29.0 Å². The lowest BCUT2D eigenvalue weighted by Crippen LogP contribution is -2.74. The molecule has 5 rings (SSSR count). The summed E-state index contributed by atoms with van der Waals surface area (Å²) in [4.78, 5) is 54.8. The van der Waals surface area contributed by atoms with Gasteiger partial charge in [0.1, 0.15) is 0 Å². The monoisotopic (exact) mass is 454 g/mol. The van der Waals surface area contributed by atoms with Gasteiger partial charge in [-0.05, 0) is 55.6 Å². The average molecular weight is 455 g/mol. The van der Waals surface area contributed by atoms with Crippen LogP contribution in [0.4, 0.5) is 16.2 Å². The minimum Gasteiger partial charge on any atom is -0.363 e. The second-order valence-electron chi connectivity index (χ2n) is 11.6. The Balaban J connectivity index is 1.78. The van der Waals surface area contributed by atoms with Gasteiger partial charge in [0.15, 0.2) is 5.41 Å². The summed E-state index contributed by atoms with van der Waals surface area (Å²) in [5, 5.41) is 14.0. The lowest BCUT2D eigenvalue weighted by molar-refractivity contribution is -0.384. The highest BCUT2D eigenvalue weighted by atomic mass is 16.6.